The van der Waals surface area contributed by atoms with E-state index in [0.717, 1.165) is 0 Å². The predicted octanol–water partition coefficient (Wildman–Crippen LogP) is -0.784. The van der Waals surface area contributed by atoms with Crippen LogP contribution in [0.5, 0.6) is 0 Å². The first-order valence-corrected chi connectivity index (χ1v) is 2.25. The summed E-state index contributed by atoms with van der Waals surface area (Å²) in [6, 6.07) is -0.878. The number of nitrogens with one attached hydrogen (secondary N) is 2. The van der Waals surface area contributed by atoms with Crippen LogP contribution < -0.4 is 10.6 Å². The lowest BCUT2D eigenvalue weighted by Gasteiger charge is -2.10. The van der Waals surface area contributed by atoms with Gasteiger partial charge >= 0.3 is 6.03 Å². The Kier molecular flexibility index (Phi) is 0.695. The molecule has 0 radical (unpaired) electrons. The van der Waals surface area contributed by atoms with Crippen LogP contribution in [0.25, 0.3) is 0 Å². The minimum absolute atomic E-state index is 0.0682. The van der Waals surface area contributed by atoms with E-state index in [1.807, 2.05) is 0 Å². The monoisotopic (exact) mass is 116 g/mol. The van der Waals surface area contributed by atoms with Crippen molar-refractivity contribution in [3.63, 3.8) is 0 Å². The Balaban J connectivity index is 2.70. The Labute approximate surface area is 49.2 Å². The number of imide groups is 1. The zero-order valence-electron chi connectivity index (χ0n) is 6.13. The highest BCUT2D eigenvalue weighted by molar-refractivity contribution is 5.96. The van der Waals surface area contributed by atoms with Crippen molar-refractivity contribution in [3.8, 4) is 0 Å². The molecule has 0 unspecified atom stereocenters. The van der Waals surface area contributed by atoms with Crippen LogP contribution in [-0.4, -0.2) is 18.5 Å². The van der Waals surface area contributed by atoms with Crippen LogP contribution in [-0.2, 0) is 4.79 Å². The lowest BCUT2D eigenvalue weighted by molar-refractivity contribution is -0.120. The summed E-state index contributed by atoms with van der Waals surface area (Å²) in [5.41, 5.74) is 0. The van der Waals surface area contributed by atoms with Crippen LogP contribution in [0.3, 0.4) is 0 Å². The second-order valence-corrected chi connectivity index (χ2v) is 1.42. The highest BCUT2D eigenvalue weighted by atomic mass is 16.2. The van der Waals surface area contributed by atoms with Crippen molar-refractivity contribution in [2.75, 3.05) is 6.54 Å². The van der Waals surface area contributed by atoms with Gasteiger partial charge in [-0.3, -0.25) is 10.1 Å². The first kappa shape index (κ1) is 3.06. The van der Waals surface area contributed by atoms with Crippen LogP contribution in [0.4, 0.5) is 4.79 Å². The van der Waals surface area contributed by atoms with Crippen molar-refractivity contribution in [2.24, 2.45) is 0 Å². The average Bonchev–Trinajstić information content (AvgIpc) is 1.93. The number of carbonyl (C=O) groups excluding carboxylic acids is 2. The van der Waals surface area contributed by atoms with Crippen molar-refractivity contribution in [1.82, 2.24) is 10.6 Å². The molecule has 1 fully saturated rings. The van der Waals surface area contributed by atoms with Gasteiger partial charge in [-0.05, 0) is 0 Å². The molecule has 1 aliphatic rings. The maximum absolute atomic E-state index is 10.6. The molecule has 0 saturated carbocycles. The van der Waals surface area contributed by atoms with E-state index in [9.17, 15) is 9.59 Å². The van der Waals surface area contributed by atoms with E-state index in [4.69, 9.17) is 2.82 Å². The van der Waals surface area contributed by atoms with Crippen LogP contribution in [0.15, 0.2) is 0 Å². The molecule has 4 heteroatoms. The van der Waals surface area contributed by atoms with E-state index >= 15 is 0 Å². The van der Waals surface area contributed by atoms with Gasteiger partial charge in [-0.1, -0.05) is 0 Å². The zero-order chi connectivity index (χ0) is 7.72. The molecule has 1 saturated heterocycles. The molecular weight excluding hydrogens is 108 g/mol. The van der Waals surface area contributed by atoms with E-state index in [2.05, 4.69) is 0 Å². The predicted molar refractivity (Wildman–Crippen MR) is 26.2 cm³/mol. The molecule has 0 aromatic rings. The van der Waals surface area contributed by atoms with Gasteiger partial charge in [0.25, 0.3) is 0 Å². The quantitative estimate of drug-likeness (QED) is 0.436. The van der Waals surface area contributed by atoms with Crippen LogP contribution >= 0.6 is 0 Å². The number of rotatable bonds is 0. The molecule has 8 heavy (non-hydrogen) atoms. The third kappa shape index (κ3) is 0.959. The minimum Gasteiger partial charge on any atom is -0.337 e. The van der Waals surface area contributed by atoms with Gasteiger partial charge in [0.2, 0.25) is 5.91 Å². The smallest absolute Gasteiger partial charge is 0.321 e. The maximum Gasteiger partial charge on any atom is 0.321 e. The Morgan fingerprint density at radius 3 is 3.00 bits per heavy atom. The van der Waals surface area contributed by atoms with E-state index < -0.39 is 11.9 Å². The summed E-state index contributed by atoms with van der Waals surface area (Å²) in [5, 5.41) is 0.797. The maximum atomic E-state index is 10.6. The molecule has 3 amide bonds. The fraction of sp³-hybridized carbons (Fsp3) is 0.500. The summed E-state index contributed by atoms with van der Waals surface area (Å²) in [7, 11) is 0. The van der Waals surface area contributed by atoms with Gasteiger partial charge in [0, 0.05) is 13.0 Å². The van der Waals surface area contributed by atoms with Gasteiger partial charge in [0.15, 0.2) is 2.82 Å². The molecule has 1 aliphatic heterocycles. The molecule has 0 spiro atoms. The second-order valence-electron chi connectivity index (χ2n) is 1.42. The fourth-order valence-electron chi connectivity index (χ4n) is 0.445. The van der Waals surface area contributed by atoms with Gasteiger partial charge in [0.1, 0.15) is 0 Å². The van der Waals surface area contributed by atoms with Gasteiger partial charge in [-0.15, -0.1) is 0 Å². The van der Waals surface area contributed by atoms with Gasteiger partial charge in [-0.2, -0.15) is 0 Å². The van der Waals surface area contributed by atoms with Gasteiger partial charge < -0.3 is 5.31 Å². The molecule has 1 heterocycles. The largest absolute Gasteiger partial charge is 0.337 e. The summed E-state index contributed by atoms with van der Waals surface area (Å²) in [6.07, 6.45) is 0.0682. The van der Waals surface area contributed by atoms with E-state index in [1.165, 1.54) is 0 Å². The number of hydrogen-bond donors (Lipinski definition) is 2. The average molecular weight is 116 g/mol. The summed E-state index contributed by atoms with van der Waals surface area (Å²) in [5.74, 6) is -0.548. The Hall–Kier alpha value is -1.06. The zero-order valence-corrected chi connectivity index (χ0v) is 4.13. The van der Waals surface area contributed by atoms with Crippen LogP contribution in [0.2, 0.25) is 2.82 Å². The fourth-order valence-corrected chi connectivity index (χ4v) is 0.445. The van der Waals surface area contributed by atoms with Crippen molar-refractivity contribution < 1.29 is 12.4 Å². The summed E-state index contributed by atoms with van der Waals surface area (Å²) < 4.78 is 13.7. The number of carbonyl (C=O) groups is 2. The van der Waals surface area contributed by atoms with E-state index in [0.29, 0.717) is 5.31 Å². The molecule has 44 valence electrons. The van der Waals surface area contributed by atoms with Gasteiger partial charge in [-0.25, -0.2) is 4.79 Å². The Morgan fingerprint density at radius 1 is 1.62 bits per heavy atom. The Bertz CT molecular complexity index is 184. The molecule has 0 aliphatic carbocycles. The Morgan fingerprint density at radius 2 is 2.38 bits per heavy atom. The molecule has 0 atom stereocenters. The normalized spacial score (nSPS) is 25.5. The summed E-state index contributed by atoms with van der Waals surface area (Å²) in [6.45, 7) is 0.0903. The third-order valence-corrected chi connectivity index (χ3v) is 0.793. The van der Waals surface area contributed by atoms with Gasteiger partial charge in [0.05, 0.1) is 0 Å². The molecule has 2 N–H and O–H groups in total. The lowest BCUT2D eigenvalue weighted by Crippen LogP contribution is -2.46. The molecule has 0 aromatic carbocycles. The van der Waals surface area contributed by atoms with E-state index in [1.54, 1.807) is 0 Å². The van der Waals surface area contributed by atoms with Crippen molar-refractivity contribution in [3.05, 3.63) is 0 Å². The highest BCUT2D eigenvalue weighted by Crippen LogP contribution is 1.82. The van der Waals surface area contributed by atoms with Crippen molar-refractivity contribution in [1.29, 1.82) is 0 Å². The standard InChI is InChI=1S/C4H6N2O2/c7-3-1-2-5-4(8)6-3/h1-2H2,(H2,5,6,7,8)/i/hD2. The SMILES string of the molecule is [2H]N1CCC(=O)N([2H])C1=O. The summed E-state index contributed by atoms with van der Waals surface area (Å²) in [4.78, 5) is 21.1. The molecule has 0 aromatic heterocycles. The summed E-state index contributed by atoms with van der Waals surface area (Å²) >= 11 is 0. The number of urea groups is 1. The van der Waals surface area contributed by atoms with Crippen LogP contribution in [0.1, 0.15) is 6.42 Å². The second kappa shape index (κ2) is 1.81. The lowest BCUT2D eigenvalue weighted by atomic mass is 10.3. The third-order valence-electron chi connectivity index (χ3n) is 0.793. The molecular formula is C4H6N2O2. The minimum atomic E-state index is -0.878. The molecule has 4 nitrogen and oxygen atoms in total. The van der Waals surface area contributed by atoms with Crippen molar-refractivity contribution >= 4 is 11.9 Å². The number of amides is 3. The van der Waals surface area contributed by atoms with Crippen molar-refractivity contribution in [2.45, 2.75) is 6.42 Å². The topological polar surface area (TPSA) is 58.2 Å². The number of hydrogen-bond acceptors (Lipinski definition) is 2. The first-order valence-electron chi connectivity index (χ1n) is 3.14. The van der Waals surface area contributed by atoms with Crippen LogP contribution in [0, 0.1) is 0 Å². The first-order chi connectivity index (χ1) is 4.63. The van der Waals surface area contributed by atoms with E-state index in [-0.39, 0.29) is 18.3 Å². The molecule has 0 bridgehead atoms. The molecule has 1 rings (SSSR count). The highest BCUT2D eigenvalue weighted by Gasteiger charge is 2.11.